The molecule has 0 aliphatic carbocycles. The molecule has 2 unspecified atom stereocenters. The van der Waals surface area contributed by atoms with Gasteiger partial charge < -0.3 is 14.7 Å². The van der Waals surface area contributed by atoms with Gasteiger partial charge in [-0.15, -0.1) is 0 Å². The summed E-state index contributed by atoms with van der Waals surface area (Å²) in [6.07, 6.45) is -4.00. The number of carboxylic acid groups (broad SMARTS) is 1. The molecule has 1 N–H and O–H groups in total. The van der Waals surface area contributed by atoms with E-state index in [1.807, 2.05) is 0 Å². The summed E-state index contributed by atoms with van der Waals surface area (Å²) in [7, 11) is 0. The van der Waals surface area contributed by atoms with Crippen LogP contribution in [0.1, 0.15) is 40.2 Å². The first-order valence-electron chi connectivity index (χ1n) is 9.31. The van der Waals surface area contributed by atoms with Gasteiger partial charge in [0.1, 0.15) is 0 Å². The van der Waals surface area contributed by atoms with Crippen molar-refractivity contribution in [2.24, 2.45) is 0 Å². The van der Waals surface area contributed by atoms with Crippen molar-refractivity contribution < 1.29 is 41.4 Å². The molecule has 1 aliphatic rings. The summed E-state index contributed by atoms with van der Waals surface area (Å²) >= 11 is 0. The smallest absolute Gasteiger partial charge is 0.416 e. The molecule has 2 aromatic carbocycles. The molecule has 2 atom stereocenters. The highest BCUT2D eigenvalue weighted by molar-refractivity contribution is 6.00. The second-order valence-electron chi connectivity index (χ2n) is 7.06. The normalized spacial score (nSPS) is 19.7. The molecule has 1 amide bonds. The molecule has 31 heavy (non-hydrogen) atoms. The van der Waals surface area contributed by atoms with Crippen molar-refractivity contribution in [1.82, 2.24) is 0 Å². The lowest BCUT2D eigenvalue weighted by Gasteiger charge is -2.39. The first-order valence-corrected chi connectivity index (χ1v) is 9.31. The largest absolute Gasteiger partial charge is 0.478 e. The van der Waals surface area contributed by atoms with Gasteiger partial charge in [0.15, 0.2) is 0 Å². The van der Waals surface area contributed by atoms with Crippen molar-refractivity contribution in [3.63, 3.8) is 0 Å². The Kier molecular flexibility index (Phi) is 6.59. The van der Waals surface area contributed by atoms with Crippen molar-refractivity contribution in [3.05, 3.63) is 65.2 Å². The molecule has 1 heterocycles. The highest BCUT2D eigenvalue weighted by atomic mass is 19.4. The second-order valence-corrected chi connectivity index (χ2v) is 7.06. The van der Waals surface area contributed by atoms with Gasteiger partial charge in [-0.1, -0.05) is 12.1 Å². The average Bonchev–Trinajstić information content (AvgIpc) is 2.72. The number of nitrogens with zero attached hydrogens (tertiary/aromatic N) is 1. The van der Waals surface area contributed by atoms with Crippen LogP contribution in [0.2, 0.25) is 0 Å². The van der Waals surface area contributed by atoms with Gasteiger partial charge in [0.05, 0.1) is 29.7 Å². The first-order chi connectivity index (χ1) is 14.6. The molecule has 0 aromatic heterocycles. The fourth-order valence-corrected chi connectivity index (χ4v) is 3.62. The number of carbonyl (C=O) groups is 2. The van der Waals surface area contributed by atoms with Gasteiger partial charge in [0, 0.05) is 5.69 Å². The van der Waals surface area contributed by atoms with Crippen molar-refractivity contribution in [2.45, 2.75) is 37.6 Å². The fraction of sp³-hybridized carbons (Fsp3) is 0.333. The average molecular weight is 443 g/mol. The van der Waals surface area contributed by atoms with E-state index in [-0.39, 0.29) is 24.1 Å². The zero-order chi connectivity index (χ0) is 22.8. The van der Waals surface area contributed by atoms with Gasteiger partial charge in [-0.2, -0.15) is 22.0 Å². The number of anilines is 1. The minimum atomic E-state index is -4.51. The number of hydrogen-bond donors (Lipinski definition) is 1. The fourth-order valence-electron chi connectivity index (χ4n) is 3.62. The molecule has 0 bridgehead atoms. The molecular formula is C21H18F5NO4. The molecular weight excluding hydrogens is 425 g/mol. The van der Waals surface area contributed by atoms with E-state index < -0.39 is 48.8 Å². The molecule has 1 fully saturated rings. The summed E-state index contributed by atoms with van der Waals surface area (Å²) < 4.78 is 68.0. The molecule has 0 saturated carbocycles. The first kappa shape index (κ1) is 22.7. The number of benzene rings is 2. The highest BCUT2D eigenvalue weighted by Crippen LogP contribution is 2.36. The monoisotopic (exact) mass is 443 g/mol. The number of ether oxygens (including phenoxy) is 1. The number of carbonyl (C=O) groups excluding carboxylic acids is 1. The Hall–Kier alpha value is -3.01. The lowest BCUT2D eigenvalue weighted by Crippen LogP contribution is -2.49. The molecule has 5 nitrogen and oxygen atoms in total. The Morgan fingerprint density at radius 3 is 2.19 bits per heavy atom. The van der Waals surface area contributed by atoms with E-state index in [9.17, 15) is 31.5 Å². The SMILES string of the molecule is O=C(O)c1ccc(N2C(=O)C(c3ccc(C(F)(F)F)cc3)CCC2COC(F)F)cc1. The summed E-state index contributed by atoms with van der Waals surface area (Å²) in [5.74, 6) is -2.43. The van der Waals surface area contributed by atoms with Crippen molar-refractivity contribution in [1.29, 1.82) is 0 Å². The van der Waals surface area contributed by atoms with E-state index in [1.165, 1.54) is 41.3 Å². The Bertz CT molecular complexity index is 928. The minimum absolute atomic E-state index is 0.0205. The standard InChI is InChI=1S/C21H18F5NO4/c22-20(23)31-11-16-9-10-17(12-1-5-14(6-2-12)21(24,25)26)18(28)27(16)15-7-3-13(4-8-15)19(29)30/h1-8,16-17,20H,9-11H2,(H,29,30). The zero-order valence-electron chi connectivity index (χ0n) is 16.0. The summed E-state index contributed by atoms with van der Waals surface area (Å²) in [4.78, 5) is 25.5. The van der Waals surface area contributed by atoms with Gasteiger partial charge in [-0.25, -0.2) is 4.79 Å². The van der Waals surface area contributed by atoms with Crippen LogP contribution in [0.15, 0.2) is 48.5 Å². The van der Waals surface area contributed by atoms with Crippen molar-refractivity contribution in [2.75, 3.05) is 11.5 Å². The van der Waals surface area contributed by atoms with Gasteiger partial charge in [-0.3, -0.25) is 4.79 Å². The molecule has 166 valence electrons. The van der Waals surface area contributed by atoms with Crippen LogP contribution in [-0.4, -0.2) is 36.2 Å². The molecule has 3 rings (SSSR count). The Morgan fingerprint density at radius 2 is 1.68 bits per heavy atom. The van der Waals surface area contributed by atoms with Gasteiger partial charge >= 0.3 is 18.8 Å². The van der Waals surface area contributed by atoms with E-state index in [0.717, 1.165) is 12.1 Å². The van der Waals surface area contributed by atoms with E-state index in [4.69, 9.17) is 5.11 Å². The van der Waals surface area contributed by atoms with Crippen LogP contribution < -0.4 is 4.90 Å². The van der Waals surface area contributed by atoms with Crippen LogP contribution in [-0.2, 0) is 15.7 Å². The third-order valence-corrected chi connectivity index (χ3v) is 5.14. The van der Waals surface area contributed by atoms with Crippen LogP contribution in [0, 0.1) is 0 Å². The second kappa shape index (κ2) is 9.01. The number of halogens is 5. The van der Waals surface area contributed by atoms with Gasteiger partial charge in [-0.05, 0) is 54.8 Å². The third kappa shape index (κ3) is 5.19. The summed E-state index contributed by atoms with van der Waals surface area (Å²) in [6.45, 7) is -3.47. The van der Waals surface area contributed by atoms with Crippen LogP contribution in [0.3, 0.4) is 0 Å². The van der Waals surface area contributed by atoms with E-state index in [2.05, 4.69) is 4.74 Å². The quantitative estimate of drug-likeness (QED) is 0.644. The van der Waals surface area contributed by atoms with Crippen LogP contribution in [0.25, 0.3) is 0 Å². The number of piperidine rings is 1. The van der Waals surface area contributed by atoms with E-state index in [0.29, 0.717) is 5.56 Å². The Balaban J connectivity index is 1.90. The van der Waals surface area contributed by atoms with Crippen molar-refractivity contribution >= 4 is 17.6 Å². The summed E-state index contributed by atoms with van der Waals surface area (Å²) in [6, 6.07) is 8.82. The van der Waals surface area contributed by atoms with Gasteiger partial charge in [0.25, 0.3) is 0 Å². The van der Waals surface area contributed by atoms with Crippen LogP contribution >= 0.6 is 0 Å². The summed E-state index contributed by atoms with van der Waals surface area (Å²) in [5, 5.41) is 9.04. The molecule has 0 spiro atoms. The Labute approximate surface area is 174 Å². The van der Waals surface area contributed by atoms with E-state index in [1.54, 1.807) is 0 Å². The van der Waals surface area contributed by atoms with Crippen molar-refractivity contribution in [3.8, 4) is 0 Å². The van der Waals surface area contributed by atoms with Crippen LogP contribution in [0.5, 0.6) is 0 Å². The third-order valence-electron chi connectivity index (χ3n) is 5.14. The topological polar surface area (TPSA) is 66.8 Å². The number of aromatic carboxylic acids is 1. The predicted molar refractivity (Wildman–Crippen MR) is 100 cm³/mol. The molecule has 1 aliphatic heterocycles. The lowest BCUT2D eigenvalue weighted by molar-refractivity contribution is -0.138. The number of rotatable bonds is 6. The molecule has 0 radical (unpaired) electrons. The number of hydrogen-bond acceptors (Lipinski definition) is 3. The number of amides is 1. The van der Waals surface area contributed by atoms with Gasteiger partial charge in [0.2, 0.25) is 5.91 Å². The Morgan fingerprint density at radius 1 is 1.06 bits per heavy atom. The molecule has 2 aromatic rings. The van der Waals surface area contributed by atoms with E-state index >= 15 is 0 Å². The molecule has 10 heteroatoms. The molecule has 1 saturated heterocycles. The highest BCUT2D eigenvalue weighted by Gasteiger charge is 2.38. The maximum atomic E-state index is 13.2. The van der Waals surface area contributed by atoms with Crippen LogP contribution in [0.4, 0.5) is 27.6 Å². The number of carboxylic acids is 1. The maximum Gasteiger partial charge on any atom is 0.416 e. The predicted octanol–water partition coefficient (Wildman–Crippen LogP) is 4.92. The lowest BCUT2D eigenvalue weighted by atomic mass is 9.86. The maximum absolute atomic E-state index is 13.2. The zero-order valence-corrected chi connectivity index (χ0v) is 16.0. The number of alkyl halides is 5. The summed E-state index contributed by atoms with van der Waals surface area (Å²) in [5.41, 5.74) is -0.204. The minimum Gasteiger partial charge on any atom is -0.478 e.